The minimum atomic E-state index is -0.224. The zero-order chi connectivity index (χ0) is 24.6. The maximum atomic E-state index is 12.6. The van der Waals surface area contributed by atoms with E-state index in [0.717, 1.165) is 17.5 Å². The first-order valence-corrected chi connectivity index (χ1v) is 11.8. The molecule has 0 N–H and O–H groups in total. The summed E-state index contributed by atoms with van der Waals surface area (Å²) < 4.78 is 27.8. The van der Waals surface area contributed by atoms with E-state index in [1.165, 1.54) is 5.56 Å². The molecule has 1 aliphatic heterocycles. The Morgan fingerprint density at radius 2 is 1.37 bits per heavy atom. The van der Waals surface area contributed by atoms with Gasteiger partial charge in [0.05, 0.1) is 40.5 Å². The Morgan fingerprint density at radius 3 is 2.06 bits per heavy atom. The Balaban J connectivity index is 1.41. The van der Waals surface area contributed by atoms with Crippen molar-refractivity contribution in [3.8, 4) is 23.0 Å². The van der Waals surface area contributed by atoms with Crippen molar-refractivity contribution in [2.45, 2.75) is 19.3 Å². The summed E-state index contributed by atoms with van der Waals surface area (Å²) in [5.41, 5.74) is 3.32. The minimum Gasteiger partial charge on any atom is -0.493 e. The second-order valence-electron chi connectivity index (χ2n) is 8.66. The number of rotatable bonds is 11. The predicted molar refractivity (Wildman–Crippen MR) is 134 cm³/mol. The average Bonchev–Trinajstić information content (AvgIpc) is 3.23. The molecule has 0 saturated carbocycles. The molecule has 0 unspecified atom stereocenters. The van der Waals surface area contributed by atoms with Crippen molar-refractivity contribution in [2.75, 3.05) is 34.5 Å². The number of methoxy groups -OCH3 is 3. The smallest absolute Gasteiger partial charge is 0.309 e. The average molecular weight is 477 g/mol. The van der Waals surface area contributed by atoms with Gasteiger partial charge in [-0.25, -0.2) is 0 Å². The quantitative estimate of drug-likeness (QED) is 0.367. The molecule has 0 aliphatic carbocycles. The van der Waals surface area contributed by atoms with Crippen LogP contribution in [0.15, 0.2) is 66.7 Å². The van der Waals surface area contributed by atoms with Crippen LogP contribution in [0.2, 0.25) is 0 Å². The van der Waals surface area contributed by atoms with Gasteiger partial charge in [-0.1, -0.05) is 42.5 Å². The molecule has 2 atom stereocenters. The predicted octanol–water partition coefficient (Wildman–Crippen LogP) is 4.91. The Labute approximate surface area is 206 Å². The van der Waals surface area contributed by atoms with Gasteiger partial charge in [-0.15, -0.1) is 0 Å². The normalized spacial score (nSPS) is 17.1. The second kappa shape index (κ2) is 11.6. The van der Waals surface area contributed by atoms with Crippen LogP contribution in [0, 0.1) is 11.8 Å². The molecule has 0 aromatic heterocycles. The summed E-state index contributed by atoms with van der Waals surface area (Å²) in [6, 6.07) is 22.0. The molecular formula is C29H32O6. The summed E-state index contributed by atoms with van der Waals surface area (Å²) in [6.45, 7) is 0.970. The highest BCUT2D eigenvalue weighted by Gasteiger charge is 2.37. The monoisotopic (exact) mass is 476 g/mol. The van der Waals surface area contributed by atoms with E-state index in [2.05, 4.69) is 12.1 Å². The SMILES string of the molecule is COc1ccc(C[C@H]2COC(=O)[C@@H]2Cc2ccc(OCCc3ccccc3)c(OC)c2)cc1OC. The molecule has 3 aromatic carbocycles. The number of benzene rings is 3. The van der Waals surface area contributed by atoms with Crippen LogP contribution in [-0.4, -0.2) is 40.5 Å². The first kappa shape index (κ1) is 24.5. The third-order valence-corrected chi connectivity index (χ3v) is 6.43. The lowest BCUT2D eigenvalue weighted by Gasteiger charge is -2.18. The second-order valence-corrected chi connectivity index (χ2v) is 8.66. The van der Waals surface area contributed by atoms with Crippen LogP contribution >= 0.6 is 0 Å². The Hall–Kier alpha value is -3.67. The van der Waals surface area contributed by atoms with Gasteiger partial charge in [0, 0.05) is 12.3 Å². The van der Waals surface area contributed by atoms with Gasteiger partial charge < -0.3 is 23.7 Å². The van der Waals surface area contributed by atoms with Gasteiger partial charge in [0.2, 0.25) is 0 Å². The lowest BCUT2D eigenvalue weighted by molar-refractivity contribution is -0.141. The number of carbonyl (C=O) groups excluding carboxylic acids is 1. The van der Waals surface area contributed by atoms with E-state index in [9.17, 15) is 4.79 Å². The maximum Gasteiger partial charge on any atom is 0.309 e. The van der Waals surface area contributed by atoms with E-state index in [4.69, 9.17) is 23.7 Å². The van der Waals surface area contributed by atoms with E-state index in [-0.39, 0.29) is 17.8 Å². The standard InChI is InChI=1S/C29H32O6/c1-31-25-11-9-21(17-27(25)32-2)15-23-19-35-29(30)24(23)16-22-10-12-26(28(18-22)33-3)34-14-13-20-7-5-4-6-8-20/h4-12,17-18,23-24H,13-16,19H2,1-3H3/t23-,24+/m0/s1. The molecule has 184 valence electrons. The lowest BCUT2D eigenvalue weighted by Crippen LogP contribution is -2.20. The van der Waals surface area contributed by atoms with Crippen molar-refractivity contribution in [2.24, 2.45) is 11.8 Å². The van der Waals surface area contributed by atoms with E-state index < -0.39 is 0 Å². The summed E-state index contributed by atoms with van der Waals surface area (Å²) in [5, 5.41) is 0. The van der Waals surface area contributed by atoms with E-state index in [1.807, 2.05) is 54.6 Å². The molecule has 1 fully saturated rings. The van der Waals surface area contributed by atoms with Gasteiger partial charge in [0.25, 0.3) is 0 Å². The molecule has 0 spiro atoms. The van der Waals surface area contributed by atoms with Crippen molar-refractivity contribution in [1.82, 2.24) is 0 Å². The van der Waals surface area contributed by atoms with Gasteiger partial charge in [-0.05, 0) is 53.8 Å². The molecule has 1 saturated heterocycles. The molecule has 1 aliphatic rings. The molecule has 35 heavy (non-hydrogen) atoms. The van der Waals surface area contributed by atoms with Crippen molar-refractivity contribution < 1.29 is 28.5 Å². The fourth-order valence-electron chi connectivity index (χ4n) is 4.50. The van der Waals surface area contributed by atoms with E-state index >= 15 is 0 Å². The summed E-state index contributed by atoms with van der Waals surface area (Å²) in [5.74, 6) is 2.43. The van der Waals surface area contributed by atoms with Crippen LogP contribution in [0.1, 0.15) is 16.7 Å². The van der Waals surface area contributed by atoms with Crippen LogP contribution in [-0.2, 0) is 28.8 Å². The molecule has 3 aromatic rings. The Kier molecular flexibility index (Phi) is 8.14. The van der Waals surface area contributed by atoms with Gasteiger partial charge in [-0.2, -0.15) is 0 Å². The van der Waals surface area contributed by atoms with Gasteiger partial charge in [0.15, 0.2) is 23.0 Å². The first-order chi connectivity index (χ1) is 17.1. The van der Waals surface area contributed by atoms with Crippen LogP contribution in [0.5, 0.6) is 23.0 Å². The topological polar surface area (TPSA) is 63.2 Å². The first-order valence-electron chi connectivity index (χ1n) is 11.8. The fraction of sp³-hybridized carbons (Fsp3) is 0.345. The lowest BCUT2D eigenvalue weighted by atomic mass is 9.85. The largest absolute Gasteiger partial charge is 0.493 e. The zero-order valence-corrected chi connectivity index (χ0v) is 20.5. The van der Waals surface area contributed by atoms with Gasteiger partial charge in [-0.3, -0.25) is 4.79 Å². The van der Waals surface area contributed by atoms with Crippen LogP contribution in [0.3, 0.4) is 0 Å². The molecule has 0 amide bonds. The number of cyclic esters (lactones) is 1. The molecule has 6 heteroatoms. The van der Waals surface area contributed by atoms with Crippen LogP contribution in [0.25, 0.3) is 0 Å². The van der Waals surface area contributed by atoms with Crippen molar-refractivity contribution in [3.05, 3.63) is 83.4 Å². The zero-order valence-electron chi connectivity index (χ0n) is 20.5. The van der Waals surface area contributed by atoms with Crippen LogP contribution in [0.4, 0.5) is 0 Å². The number of hydrogen-bond acceptors (Lipinski definition) is 6. The maximum absolute atomic E-state index is 12.6. The van der Waals surface area contributed by atoms with Crippen molar-refractivity contribution in [3.63, 3.8) is 0 Å². The molecule has 6 nitrogen and oxygen atoms in total. The van der Waals surface area contributed by atoms with Gasteiger partial charge >= 0.3 is 5.97 Å². The molecule has 4 rings (SSSR count). The molecular weight excluding hydrogens is 444 g/mol. The summed E-state index contributed by atoms with van der Waals surface area (Å²) in [4.78, 5) is 12.6. The fourth-order valence-corrected chi connectivity index (χ4v) is 4.50. The van der Waals surface area contributed by atoms with E-state index in [1.54, 1.807) is 21.3 Å². The highest BCUT2D eigenvalue weighted by molar-refractivity contribution is 5.75. The summed E-state index contributed by atoms with van der Waals surface area (Å²) in [6.07, 6.45) is 2.11. The van der Waals surface area contributed by atoms with E-state index in [0.29, 0.717) is 49.1 Å². The third-order valence-electron chi connectivity index (χ3n) is 6.43. The number of ether oxygens (including phenoxy) is 5. The number of carbonyl (C=O) groups is 1. The summed E-state index contributed by atoms with van der Waals surface area (Å²) >= 11 is 0. The van der Waals surface area contributed by atoms with Gasteiger partial charge in [0.1, 0.15) is 0 Å². The molecule has 1 heterocycles. The molecule has 0 bridgehead atoms. The van der Waals surface area contributed by atoms with Crippen molar-refractivity contribution >= 4 is 5.97 Å². The molecule has 0 radical (unpaired) electrons. The third kappa shape index (κ3) is 6.07. The summed E-state index contributed by atoms with van der Waals surface area (Å²) in [7, 11) is 4.87. The highest BCUT2D eigenvalue weighted by Crippen LogP contribution is 2.35. The van der Waals surface area contributed by atoms with Crippen LogP contribution < -0.4 is 18.9 Å². The highest BCUT2D eigenvalue weighted by atomic mass is 16.5. The Morgan fingerprint density at radius 1 is 0.743 bits per heavy atom. The van der Waals surface area contributed by atoms with Crippen molar-refractivity contribution in [1.29, 1.82) is 0 Å². The Bertz CT molecular complexity index is 1130. The number of esters is 1. The minimum absolute atomic E-state index is 0.0772. The number of hydrogen-bond donors (Lipinski definition) is 0.